The van der Waals surface area contributed by atoms with Gasteiger partial charge in [0, 0.05) is 50.2 Å². The lowest BCUT2D eigenvalue weighted by Gasteiger charge is -2.25. The van der Waals surface area contributed by atoms with E-state index >= 15 is 0 Å². The number of nitrogens with zero attached hydrogens (tertiary/aromatic N) is 6. The molecule has 3 aromatic heterocycles. The monoisotopic (exact) mass is 344 g/mol. The maximum atomic E-state index is 12.9. The van der Waals surface area contributed by atoms with E-state index in [2.05, 4.69) is 15.2 Å². The first-order valence-electron chi connectivity index (χ1n) is 7.67. The molecule has 0 radical (unpaired) electrons. The van der Waals surface area contributed by atoms with Crippen LogP contribution in [0.5, 0.6) is 0 Å². The number of thiazole rings is 1. The Morgan fingerprint density at radius 2 is 1.88 bits per heavy atom. The number of aryl methyl sites for hydroxylation is 2. The highest BCUT2D eigenvalue weighted by molar-refractivity contribution is 7.16. The molecule has 0 saturated heterocycles. The van der Waals surface area contributed by atoms with E-state index in [1.165, 1.54) is 11.3 Å². The molecule has 126 valence electrons. The second-order valence-corrected chi connectivity index (χ2v) is 7.01. The standard InChI is InChI=1S/C16H20N6OS/c1-11(2)22(9-12-5-18-20(3)8-12)16(23)14-7-17-15(24-14)13-6-19-21(4)10-13/h5-8,10-11H,9H2,1-4H3. The predicted molar refractivity (Wildman–Crippen MR) is 92.5 cm³/mol. The molecule has 0 aliphatic rings. The first-order chi connectivity index (χ1) is 11.4. The lowest BCUT2D eigenvalue weighted by Crippen LogP contribution is -2.35. The molecule has 3 rings (SSSR count). The van der Waals surface area contributed by atoms with Crippen molar-refractivity contribution in [3.63, 3.8) is 0 Å². The van der Waals surface area contributed by atoms with Crippen molar-refractivity contribution in [2.45, 2.75) is 26.4 Å². The normalized spacial score (nSPS) is 11.2. The van der Waals surface area contributed by atoms with Gasteiger partial charge in [-0.15, -0.1) is 11.3 Å². The van der Waals surface area contributed by atoms with E-state index in [1.54, 1.807) is 28.0 Å². The minimum Gasteiger partial charge on any atom is -0.331 e. The summed E-state index contributed by atoms with van der Waals surface area (Å²) in [5.74, 6) is -0.0125. The van der Waals surface area contributed by atoms with Crippen molar-refractivity contribution in [2.75, 3.05) is 0 Å². The van der Waals surface area contributed by atoms with E-state index in [0.29, 0.717) is 11.4 Å². The second kappa shape index (κ2) is 6.56. The van der Waals surface area contributed by atoms with Gasteiger partial charge in [-0.05, 0) is 13.8 Å². The van der Waals surface area contributed by atoms with Crippen LogP contribution in [0.3, 0.4) is 0 Å². The van der Waals surface area contributed by atoms with Crippen LogP contribution < -0.4 is 0 Å². The summed E-state index contributed by atoms with van der Waals surface area (Å²) in [4.78, 5) is 19.7. The molecule has 0 atom stereocenters. The molecule has 0 fully saturated rings. The van der Waals surface area contributed by atoms with Gasteiger partial charge < -0.3 is 4.90 Å². The van der Waals surface area contributed by atoms with Crippen LogP contribution in [0, 0.1) is 0 Å². The molecule has 3 aromatic rings. The van der Waals surface area contributed by atoms with Crippen LogP contribution in [-0.2, 0) is 20.6 Å². The number of hydrogen-bond donors (Lipinski definition) is 0. The van der Waals surface area contributed by atoms with Gasteiger partial charge in [-0.25, -0.2) is 4.98 Å². The minimum absolute atomic E-state index is 0.0125. The molecule has 3 heterocycles. The average Bonchev–Trinajstić information content (AvgIpc) is 3.24. The predicted octanol–water partition coefficient (Wildman–Crippen LogP) is 2.33. The van der Waals surface area contributed by atoms with E-state index in [1.807, 2.05) is 45.2 Å². The fraction of sp³-hybridized carbons (Fsp3) is 0.375. The number of aromatic nitrogens is 5. The average molecular weight is 344 g/mol. The van der Waals surface area contributed by atoms with Crippen LogP contribution >= 0.6 is 11.3 Å². The maximum absolute atomic E-state index is 12.9. The molecule has 0 aliphatic carbocycles. The number of carbonyl (C=O) groups excluding carboxylic acids is 1. The Hall–Kier alpha value is -2.48. The lowest BCUT2D eigenvalue weighted by atomic mass is 10.2. The summed E-state index contributed by atoms with van der Waals surface area (Å²) in [6, 6.07) is 0.0849. The Morgan fingerprint density at radius 1 is 1.17 bits per heavy atom. The van der Waals surface area contributed by atoms with E-state index in [0.717, 1.165) is 16.1 Å². The molecular weight excluding hydrogens is 324 g/mol. The molecule has 8 heteroatoms. The van der Waals surface area contributed by atoms with Gasteiger partial charge in [0.15, 0.2) is 0 Å². The van der Waals surface area contributed by atoms with Crippen LogP contribution in [0.4, 0.5) is 0 Å². The molecule has 0 N–H and O–H groups in total. The lowest BCUT2D eigenvalue weighted by molar-refractivity contribution is 0.0695. The van der Waals surface area contributed by atoms with Gasteiger partial charge >= 0.3 is 0 Å². The molecule has 1 amide bonds. The van der Waals surface area contributed by atoms with Crippen molar-refractivity contribution < 1.29 is 4.79 Å². The van der Waals surface area contributed by atoms with Crippen LogP contribution in [0.1, 0.15) is 29.1 Å². The summed E-state index contributed by atoms with van der Waals surface area (Å²) in [6.45, 7) is 4.55. The Kier molecular flexibility index (Phi) is 4.48. The molecule has 0 unspecified atom stereocenters. The van der Waals surface area contributed by atoms with E-state index in [-0.39, 0.29) is 11.9 Å². The van der Waals surface area contributed by atoms with Gasteiger partial charge in [0.2, 0.25) is 0 Å². The van der Waals surface area contributed by atoms with Crippen molar-refractivity contribution in [1.82, 2.24) is 29.4 Å². The number of carbonyl (C=O) groups is 1. The van der Waals surface area contributed by atoms with Gasteiger partial charge in [-0.2, -0.15) is 10.2 Å². The molecule has 0 saturated carbocycles. The molecule has 7 nitrogen and oxygen atoms in total. The Balaban J connectivity index is 1.81. The van der Waals surface area contributed by atoms with Crippen molar-refractivity contribution in [2.24, 2.45) is 14.1 Å². The van der Waals surface area contributed by atoms with Crippen molar-refractivity contribution in [3.05, 3.63) is 41.4 Å². The minimum atomic E-state index is -0.0125. The topological polar surface area (TPSA) is 68.8 Å². The third-order valence-electron chi connectivity index (χ3n) is 3.66. The van der Waals surface area contributed by atoms with Gasteiger partial charge in [-0.1, -0.05) is 0 Å². The highest BCUT2D eigenvalue weighted by Gasteiger charge is 2.22. The molecule has 24 heavy (non-hydrogen) atoms. The van der Waals surface area contributed by atoms with Gasteiger partial charge in [0.05, 0.1) is 18.6 Å². The Labute approximate surface area is 144 Å². The highest BCUT2D eigenvalue weighted by Crippen LogP contribution is 2.26. The summed E-state index contributed by atoms with van der Waals surface area (Å²) >= 11 is 1.39. The molecule has 0 aromatic carbocycles. The van der Waals surface area contributed by atoms with Crippen LogP contribution in [0.15, 0.2) is 31.0 Å². The third-order valence-corrected chi connectivity index (χ3v) is 4.70. The second-order valence-electron chi connectivity index (χ2n) is 5.98. The number of amides is 1. The third kappa shape index (κ3) is 3.38. The van der Waals surface area contributed by atoms with E-state index < -0.39 is 0 Å². The highest BCUT2D eigenvalue weighted by atomic mass is 32.1. The first kappa shape index (κ1) is 16.4. The summed E-state index contributed by atoms with van der Waals surface area (Å²) < 4.78 is 3.46. The molecule has 0 bridgehead atoms. The molecule has 0 aliphatic heterocycles. The fourth-order valence-electron chi connectivity index (χ4n) is 2.42. The molecule has 0 spiro atoms. The first-order valence-corrected chi connectivity index (χ1v) is 8.49. The smallest absolute Gasteiger partial charge is 0.266 e. The number of rotatable bonds is 5. The zero-order valence-electron chi connectivity index (χ0n) is 14.2. The van der Waals surface area contributed by atoms with E-state index in [9.17, 15) is 4.79 Å². The van der Waals surface area contributed by atoms with Crippen LogP contribution in [-0.4, -0.2) is 41.4 Å². The SMILES string of the molecule is CC(C)N(Cc1cnn(C)c1)C(=O)c1cnc(-c2cnn(C)c2)s1. The van der Waals surface area contributed by atoms with Gasteiger partial charge in [0.1, 0.15) is 9.88 Å². The maximum Gasteiger partial charge on any atom is 0.266 e. The fourth-order valence-corrected chi connectivity index (χ4v) is 3.27. The van der Waals surface area contributed by atoms with Gasteiger partial charge in [-0.3, -0.25) is 14.2 Å². The van der Waals surface area contributed by atoms with Crippen molar-refractivity contribution >= 4 is 17.2 Å². The largest absolute Gasteiger partial charge is 0.331 e. The van der Waals surface area contributed by atoms with E-state index in [4.69, 9.17) is 0 Å². The van der Waals surface area contributed by atoms with Gasteiger partial charge in [0.25, 0.3) is 5.91 Å². The van der Waals surface area contributed by atoms with Crippen LogP contribution in [0.25, 0.3) is 10.6 Å². The quantitative estimate of drug-likeness (QED) is 0.712. The summed E-state index contributed by atoms with van der Waals surface area (Å²) in [5.41, 5.74) is 1.93. The Morgan fingerprint density at radius 3 is 2.46 bits per heavy atom. The summed E-state index contributed by atoms with van der Waals surface area (Å²) in [6.07, 6.45) is 9.01. The molecular formula is C16H20N6OS. The zero-order valence-corrected chi connectivity index (χ0v) is 15.0. The Bertz CT molecular complexity index is 846. The van der Waals surface area contributed by atoms with Crippen molar-refractivity contribution in [3.8, 4) is 10.6 Å². The zero-order chi connectivity index (χ0) is 17.3. The van der Waals surface area contributed by atoms with Crippen molar-refractivity contribution in [1.29, 1.82) is 0 Å². The summed E-state index contributed by atoms with van der Waals surface area (Å²) in [5, 5.41) is 9.12. The summed E-state index contributed by atoms with van der Waals surface area (Å²) in [7, 11) is 3.73. The number of hydrogen-bond acceptors (Lipinski definition) is 5. The van der Waals surface area contributed by atoms with Crippen LogP contribution in [0.2, 0.25) is 0 Å².